The fraction of sp³-hybridized carbons (Fsp3) is 0.0909. The fourth-order valence-electron chi connectivity index (χ4n) is 2.90. The number of carboxylic acid groups (broad SMARTS) is 2. The molecule has 5 nitrogen and oxygen atoms in total. The number of nitrogens with zero attached hydrogens (tertiary/aromatic N) is 1. The molecule has 3 rings (SSSR count). The van der Waals surface area contributed by atoms with E-state index in [1.54, 1.807) is 24.3 Å². The number of anilines is 3. The molecular weight excluding hydrogens is 342 g/mol. The summed E-state index contributed by atoms with van der Waals surface area (Å²) >= 11 is 0. The first-order valence-corrected chi connectivity index (χ1v) is 8.49. The molecule has 0 unspecified atom stereocenters. The van der Waals surface area contributed by atoms with E-state index in [2.05, 4.69) is 0 Å². The molecule has 5 heteroatoms. The molecule has 0 aliphatic heterocycles. The Morgan fingerprint density at radius 2 is 0.963 bits per heavy atom. The molecule has 0 aromatic heterocycles. The third kappa shape index (κ3) is 4.73. The van der Waals surface area contributed by atoms with Crippen molar-refractivity contribution in [2.75, 3.05) is 4.90 Å². The Morgan fingerprint density at radius 3 is 1.33 bits per heavy atom. The van der Waals surface area contributed by atoms with Crippen molar-refractivity contribution in [1.29, 1.82) is 0 Å². The molecule has 27 heavy (non-hydrogen) atoms. The minimum Gasteiger partial charge on any atom is -0.481 e. The van der Waals surface area contributed by atoms with Crippen molar-refractivity contribution in [3.63, 3.8) is 0 Å². The molecule has 0 spiro atoms. The Balaban J connectivity index is 1.97. The zero-order chi connectivity index (χ0) is 19.2. The molecule has 0 bridgehead atoms. The Bertz CT molecular complexity index is 859. The molecule has 0 aliphatic carbocycles. The monoisotopic (exact) mass is 361 g/mol. The first kappa shape index (κ1) is 18.2. The lowest BCUT2D eigenvalue weighted by molar-refractivity contribution is -0.137. The van der Waals surface area contributed by atoms with Crippen LogP contribution < -0.4 is 4.90 Å². The molecule has 0 saturated heterocycles. The van der Waals surface area contributed by atoms with E-state index < -0.39 is 11.9 Å². The number of benzene rings is 3. The Morgan fingerprint density at radius 1 is 0.593 bits per heavy atom. The molecule has 3 aromatic carbocycles. The second kappa shape index (κ2) is 8.19. The molecule has 0 aliphatic rings. The van der Waals surface area contributed by atoms with Crippen LogP contribution in [0.2, 0.25) is 0 Å². The Labute approximate surface area is 157 Å². The summed E-state index contributed by atoms with van der Waals surface area (Å²) in [5.74, 6) is -1.73. The second-order valence-electron chi connectivity index (χ2n) is 6.14. The summed E-state index contributed by atoms with van der Waals surface area (Å²) in [6.45, 7) is 0. The van der Waals surface area contributed by atoms with Gasteiger partial charge in [-0.3, -0.25) is 9.59 Å². The van der Waals surface area contributed by atoms with Gasteiger partial charge in [0.05, 0.1) is 12.8 Å². The van der Waals surface area contributed by atoms with Gasteiger partial charge in [0.2, 0.25) is 0 Å². The van der Waals surface area contributed by atoms with Crippen LogP contribution in [0.4, 0.5) is 17.1 Å². The average Bonchev–Trinajstić information content (AvgIpc) is 2.65. The maximum Gasteiger partial charge on any atom is 0.307 e. The number of aliphatic carboxylic acids is 2. The summed E-state index contributed by atoms with van der Waals surface area (Å²) < 4.78 is 0. The van der Waals surface area contributed by atoms with E-state index in [9.17, 15) is 9.59 Å². The van der Waals surface area contributed by atoms with E-state index in [-0.39, 0.29) is 12.8 Å². The predicted molar refractivity (Wildman–Crippen MR) is 104 cm³/mol. The maximum absolute atomic E-state index is 10.9. The second-order valence-corrected chi connectivity index (χ2v) is 6.14. The number of para-hydroxylation sites is 1. The fourth-order valence-corrected chi connectivity index (χ4v) is 2.90. The van der Waals surface area contributed by atoms with Crippen molar-refractivity contribution in [2.45, 2.75) is 12.8 Å². The highest BCUT2D eigenvalue weighted by molar-refractivity contribution is 5.78. The molecule has 0 atom stereocenters. The molecule has 0 amide bonds. The smallest absolute Gasteiger partial charge is 0.307 e. The standard InChI is InChI=1S/C22H19NO4/c24-21(25)14-16-6-10-19(11-7-16)23(18-4-2-1-3-5-18)20-12-8-17(9-13-20)15-22(26)27/h1-13H,14-15H2,(H,24,25)(H,26,27). The molecule has 0 radical (unpaired) electrons. The summed E-state index contributed by atoms with van der Waals surface area (Å²) in [5.41, 5.74) is 4.20. The van der Waals surface area contributed by atoms with Gasteiger partial charge in [-0.2, -0.15) is 0 Å². The summed E-state index contributed by atoms with van der Waals surface area (Å²) in [5, 5.41) is 17.9. The Hall–Kier alpha value is -3.60. The van der Waals surface area contributed by atoms with Gasteiger partial charge in [0.25, 0.3) is 0 Å². The molecule has 3 aromatic rings. The zero-order valence-corrected chi connectivity index (χ0v) is 14.6. The molecule has 0 fully saturated rings. The van der Waals surface area contributed by atoms with E-state index in [1.807, 2.05) is 59.5 Å². The van der Waals surface area contributed by atoms with E-state index in [4.69, 9.17) is 10.2 Å². The van der Waals surface area contributed by atoms with Gasteiger partial charge in [0.15, 0.2) is 0 Å². The molecular formula is C22H19NO4. The topological polar surface area (TPSA) is 77.8 Å². The minimum absolute atomic E-state index is 0.0184. The molecule has 136 valence electrons. The highest BCUT2D eigenvalue weighted by Crippen LogP contribution is 2.34. The highest BCUT2D eigenvalue weighted by atomic mass is 16.4. The van der Waals surface area contributed by atoms with E-state index >= 15 is 0 Å². The normalized spacial score (nSPS) is 10.4. The van der Waals surface area contributed by atoms with Crippen molar-refractivity contribution in [3.8, 4) is 0 Å². The van der Waals surface area contributed by atoms with Gasteiger partial charge in [-0.05, 0) is 47.5 Å². The predicted octanol–water partition coefficient (Wildman–Crippen LogP) is 4.41. The Kier molecular flexibility index (Phi) is 5.52. The van der Waals surface area contributed by atoms with Gasteiger partial charge in [-0.1, -0.05) is 42.5 Å². The third-order valence-electron chi connectivity index (χ3n) is 4.11. The van der Waals surface area contributed by atoms with Crippen molar-refractivity contribution >= 4 is 29.0 Å². The number of carbonyl (C=O) groups is 2. The van der Waals surface area contributed by atoms with Crippen LogP contribution in [0.5, 0.6) is 0 Å². The third-order valence-corrected chi connectivity index (χ3v) is 4.11. The maximum atomic E-state index is 10.9. The number of carboxylic acids is 2. The van der Waals surface area contributed by atoms with Crippen molar-refractivity contribution in [2.24, 2.45) is 0 Å². The van der Waals surface area contributed by atoms with E-state index in [1.165, 1.54) is 0 Å². The van der Waals surface area contributed by atoms with Gasteiger partial charge < -0.3 is 15.1 Å². The van der Waals surface area contributed by atoms with Crippen LogP contribution in [0.3, 0.4) is 0 Å². The first-order valence-electron chi connectivity index (χ1n) is 8.49. The number of hydrogen-bond donors (Lipinski definition) is 2. The van der Waals surface area contributed by atoms with Crippen LogP contribution in [0, 0.1) is 0 Å². The summed E-state index contributed by atoms with van der Waals surface area (Å²) in [4.78, 5) is 23.8. The number of rotatable bonds is 7. The van der Waals surface area contributed by atoms with Gasteiger partial charge >= 0.3 is 11.9 Å². The van der Waals surface area contributed by atoms with Crippen LogP contribution >= 0.6 is 0 Å². The molecule has 0 heterocycles. The van der Waals surface area contributed by atoms with Crippen LogP contribution in [0.25, 0.3) is 0 Å². The average molecular weight is 361 g/mol. The van der Waals surface area contributed by atoms with Crippen LogP contribution in [0.1, 0.15) is 11.1 Å². The van der Waals surface area contributed by atoms with Crippen LogP contribution in [0.15, 0.2) is 78.9 Å². The summed E-state index contributed by atoms with van der Waals surface area (Å²) in [7, 11) is 0. The molecule has 0 saturated carbocycles. The van der Waals surface area contributed by atoms with E-state index in [0.29, 0.717) is 0 Å². The number of hydrogen-bond acceptors (Lipinski definition) is 3. The van der Waals surface area contributed by atoms with Gasteiger partial charge in [-0.25, -0.2) is 0 Å². The van der Waals surface area contributed by atoms with Crippen molar-refractivity contribution < 1.29 is 19.8 Å². The summed E-state index contributed by atoms with van der Waals surface area (Å²) in [6, 6.07) is 24.5. The lowest BCUT2D eigenvalue weighted by Gasteiger charge is -2.25. The lowest BCUT2D eigenvalue weighted by atomic mass is 10.1. The summed E-state index contributed by atoms with van der Waals surface area (Å²) in [6.07, 6.45) is -0.0367. The first-order chi connectivity index (χ1) is 13.0. The minimum atomic E-state index is -0.864. The van der Waals surface area contributed by atoms with Gasteiger partial charge in [0.1, 0.15) is 0 Å². The molecule has 2 N–H and O–H groups in total. The van der Waals surface area contributed by atoms with Crippen molar-refractivity contribution in [1.82, 2.24) is 0 Å². The van der Waals surface area contributed by atoms with E-state index in [0.717, 1.165) is 28.2 Å². The zero-order valence-electron chi connectivity index (χ0n) is 14.6. The quantitative estimate of drug-likeness (QED) is 0.652. The van der Waals surface area contributed by atoms with Crippen LogP contribution in [-0.2, 0) is 22.4 Å². The van der Waals surface area contributed by atoms with Gasteiger partial charge in [0, 0.05) is 17.1 Å². The largest absolute Gasteiger partial charge is 0.481 e. The highest BCUT2D eigenvalue weighted by Gasteiger charge is 2.13. The lowest BCUT2D eigenvalue weighted by Crippen LogP contribution is -2.10. The SMILES string of the molecule is O=C(O)Cc1ccc(N(c2ccccc2)c2ccc(CC(=O)O)cc2)cc1. The van der Waals surface area contributed by atoms with Crippen molar-refractivity contribution in [3.05, 3.63) is 90.0 Å². The van der Waals surface area contributed by atoms with Crippen LogP contribution in [-0.4, -0.2) is 22.2 Å². The van der Waals surface area contributed by atoms with Gasteiger partial charge in [-0.15, -0.1) is 0 Å².